The summed E-state index contributed by atoms with van der Waals surface area (Å²) < 4.78 is 0. The largest absolute Gasteiger partial charge is 0.393 e. The lowest BCUT2D eigenvalue weighted by molar-refractivity contribution is -0.128. The van der Waals surface area contributed by atoms with Crippen LogP contribution in [0.4, 0.5) is 0 Å². The van der Waals surface area contributed by atoms with Crippen LogP contribution >= 0.6 is 0 Å². The Balaban J connectivity index is 1.67. The Bertz CT molecular complexity index is 774. The number of rotatable bonds is 5. The van der Waals surface area contributed by atoms with Crippen LogP contribution < -0.4 is 5.32 Å². The molecule has 180 valence electrons. The fourth-order valence-corrected chi connectivity index (χ4v) is 6.56. The fourth-order valence-electron chi connectivity index (χ4n) is 6.56. The van der Waals surface area contributed by atoms with Crippen molar-refractivity contribution < 1.29 is 15.0 Å². The maximum absolute atomic E-state index is 12.2. The summed E-state index contributed by atoms with van der Waals surface area (Å²) in [5.74, 6) is 2.02. The average Bonchev–Trinajstić information content (AvgIpc) is 3.06. The molecule has 1 amide bonds. The molecule has 3 aliphatic rings. The van der Waals surface area contributed by atoms with Crippen molar-refractivity contribution in [3.05, 3.63) is 35.5 Å². The van der Waals surface area contributed by atoms with Crippen LogP contribution in [0.1, 0.15) is 86.0 Å². The second kappa shape index (κ2) is 9.85. The molecule has 0 heterocycles. The van der Waals surface area contributed by atoms with Gasteiger partial charge in [-0.15, -0.1) is 0 Å². The highest BCUT2D eigenvalue weighted by Crippen LogP contribution is 2.59. The van der Waals surface area contributed by atoms with Crippen LogP contribution in [0.5, 0.6) is 0 Å². The predicted molar refractivity (Wildman–Crippen MR) is 131 cm³/mol. The van der Waals surface area contributed by atoms with Crippen molar-refractivity contribution in [1.29, 1.82) is 0 Å². The van der Waals surface area contributed by atoms with Crippen molar-refractivity contribution in [2.24, 2.45) is 28.6 Å². The van der Waals surface area contributed by atoms with Crippen LogP contribution in [-0.4, -0.2) is 34.9 Å². The average molecular weight is 444 g/mol. The second-order valence-electron chi connectivity index (χ2n) is 11.9. The molecule has 0 aromatic carbocycles. The molecule has 3 N–H and O–H groups in total. The summed E-state index contributed by atoms with van der Waals surface area (Å²) in [6, 6.07) is 0. The van der Waals surface area contributed by atoms with Gasteiger partial charge in [-0.2, -0.15) is 0 Å². The fraction of sp³-hybridized carbons (Fsp3) is 0.750. The molecule has 0 saturated heterocycles. The molecule has 0 bridgehead atoms. The third-order valence-electron chi connectivity index (χ3n) is 8.56. The summed E-state index contributed by atoms with van der Waals surface area (Å²) in [7, 11) is 0. The molecule has 0 radical (unpaired) electrons. The van der Waals surface area contributed by atoms with Crippen LogP contribution in [0.15, 0.2) is 35.5 Å². The maximum Gasteiger partial charge on any atom is 0.225 e. The van der Waals surface area contributed by atoms with Gasteiger partial charge in [0.2, 0.25) is 5.91 Å². The van der Waals surface area contributed by atoms with Crippen molar-refractivity contribution in [1.82, 2.24) is 5.32 Å². The molecular weight excluding hydrogens is 398 g/mol. The van der Waals surface area contributed by atoms with Gasteiger partial charge >= 0.3 is 0 Å². The van der Waals surface area contributed by atoms with E-state index in [0.717, 1.165) is 30.5 Å². The van der Waals surface area contributed by atoms with Gasteiger partial charge in [0, 0.05) is 18.4 Å². The Morgan fingerprint density at radius 1 is 1.28 bits per heavy atom. The molecule has 3 saturated carbocycles. The molecule has 0 spiro atoms. The quantitative estimate of drug-likeness (QED) is 0.539. The van der Waals surface area contributed by atoms with Gasteiger partial charge in [0.25, 0.3) is 0 Å². The van der Waals surface area contributed by atoms with E-state index in [1.165, 1.54) is 31.3 Å². The van der Waals surface area contributed by atoms with Crippen molar-refractivity contribution in [3.63, 3.8) is 0 Å². The summed E-state index contributed by atoms with van der Waals surface area (Å²) in [6.07, 6.45) is 11.4. The highest BCUT2D eigenvalue weighted by Gasteiger charge is 2.50. The molecule has 4 nitrogen and oxygen atoms in total. The number of aliphatic hydroxyl groups is 2. The zero-order chi connectivity index (χ0) is 23.7. The smallest absolute Gasteiger partial charge is 0.225 e. The Morgan fingerprint density at radius 3 is 2.69 bits per heavy atom. The summed E-state index contributed by atoms with van der Waals surface area (Å²) in [5.41, 5.74) is 3.28. The zero-order valence-electron chi connectivity index (χ0n) is 20.9. The van der Waals surface area contributed by atoms with Gasteiger partial charge in [-0.1, -0.05) is 58.9 Å². The molecule has 0 aromatic heterocycles. The highest BCUT2D eigenvalue weighted by molar-refractivity contribution is 5.81. The minimum atomic E-state index is -0.629. The lowest BCUT2D eigenvalue weighted by Gasteiger charge is -2.44. The van der Waals surface area contributed by atoms with Gasteiger partial charge in [0.1, 0.15) is 0 Å². The Hall–Kier alpha value is -1.39. The molecule has 2 unspecified atom stereocenters. The third-order valence-corrected chi connectivity index (χ3v) is 8.56. The van der Waals surface area contributed by atoms with E-state index >= 15 is 0 Å². The van der Waals surface area contributed by atoms with E-state index in [-0.39, 0.29) is 11.3 Å². The molecule has 0 aliphatic heterocycles. The van der Waals surface area contributed by atoms with Crippen LogP contribution in [0.3, 0.4) is 0 Å². The highest BCUT2D eigenvalue weighted by atomic mass is 16.3. The van der Waals surface area contributed by atoms with Gasteiger partial charge in [0.15, 0.2) is 0 Å². The number of hydrogen-bond acceptors (Lipinski definition) is 3. The monoisotopic (exact) mass is 443 g/mol. The molecule has 4 heteroatoms. The minimum absolute atomic E-state index is 0.135. The first-order valence-electron chi connectivity index (χ1n) is 12.7. The normalized spacial score (nSPS) is 36.9. The van der Waals surface area contributed by atoms with E-state index in [1.807, 2.05) is 20.8 Å². The van der Waals surface area contributed by atoms with E-state index in [1.54, 1.807) is 0 Å². The zero-order valence-corrected chi connectivity index (χ0v) is 20.9. The Kier molecular flexibility index (Phi) is 7.77. The van der Waals surface area contributed by atoms with Crippen LogP contribution in [0.25, 0.3) is 0 Å². The van der Waals surface area contributed by atoms with E-state index in [9.17, 15) is 15.0 Å². The minimum Gasteiger partial charge on any atom is -0.393 e. The van der Waals surface area contributed by atoms with Gasteiger partial charge in [-0.25, -0.2) is 0 Å². The predicted octanol–water partition coefficient (Wildman–Crippen LogP) is 5.32. The molecule has 32 heavy (non-hydrogen) atoms. The third kappa shape index (κ3) is 5.39. The van der Waals surface area contributed by atoms with Crippen molar-refractivity contribution in [3.8, 4) is 0 Å². The first-order chi connectivity index (χ1) is 14.9. The number of allylic oxidation sites excluding steroid dienone is 3. The number of hydrogen-bond donors (Lipinski definition) is 3. The molecule has 3 aliphatic carbocycles. The number of carbonyl (C=O) groups excluding carboxylic acids is 1. The number of aliphatic hydroxyl groups excluding tert-OH is 2. The molecule has 6 atom stereocenters. The molecule has 3 fully saturated rings. The van der Waals surface area contributed by atoms with Crippen molar-refractivity contribution in [2.75, 3.05) is 6.54 Å². The SMILES string of the molecule is C=C1/C(=C\C=C2/CCC[C@@]3(C)C2CCC3[C@H](C)CCNC(=O)C(C)(C)C)C[C@@H](O)C[C@@H]1O. The van der Waals surface area contributed by atoms with Gasteiger partial charge in [-0.3, -0.25) is 4.79 Å². The van der Waals surface area contributed by atoms with Crippen LogP contribution in [-0.2, 0) is 4.79 Å². The van der Waals surface area contributed by atoms with E-state index in [0.29, 0.717) is 36.0 Å². The first kappa shape index (κ1) is 25.2. The molecule has 0 aromatic rings. The Labute approximate surface area is 195 Å². The van der Waals surface area contributed by atoms with Gasteiger partial charge < -0.3 is 15.5 Å². The van der Waals surface area contributed by atoms with Crippen molar-refractivity contribution >= 4 is 5.91 Å². The number of carbonyl (C=O) groups is 1. The number of nitrogens with one attached hydrogen (secondary N) is 1. The van der Waals surface area contributed by atoms with Crippen LogP contribution in [0.2, 0.25) is 0 Å². The van der Waals surface area contributed by atoms with Crippen LogP contribution in [0, 0.1) is 28.6 Å². The van der Waals surface area contributed by atoms with Crippen molar-refractivity contribution in [2.45, 2.75) is 98.2 Å². The lowest BCUT2D eigenvalue weighted by Crippen LogP contribution is -2.38. The summed E-state index contributed by atoms with van der Waals surface area (Å²) >= 11 is 0. The number of fused-ring (bicyclic) bond motifs is 1. The Morgan fingerprint density at radius 2 is 2.00 bits per heavy atom. The summed E-state index contributed by atoms with van der Waals surface area (Å²) in [6.45, 7) is 15.6. The van der Waals surface area contributed by atoms with E-state index in [4.69, 9.17) is 0 Å². The summed E-state index contributed by atoms with van der Waals surface area (Å²) in [5, 5.41) is 23.3. The van der Waals surface area contributed by atoms with Gasteiger partial charge in [-0.05, 0) is 79.3 Å². The summed E-state index contributed by atoms with van der Waals surface area (Å²) in [4.78, 5) is 12.2. The molecular formula is C28H45NO3. The number of amides is 1. The first-order valence-corrected chi connectivity index (χ1v) is 12.7. The maximum atomic E-state index is 12.2. The van der Waals surface area contributed by atoms with Gasteiger partial charge in [0.05, 0.1) is 12.2 Å². The van der Waals surface area contributed by atoms with E-state index < -0.39 is 12.2 Å². The topological polar surface area (TPSA) is 69.6 Å². The standard InChI is InChI=1S/C28H45NO3/c1-18(13-15-29-26(32)27(3,4)5)23-11-12-24-20(8-7-14-28(23,24)6)9-10-21-16-22(30)17-25(31)19(21)2/h9-10,18,22-25,30-31H,2,7-8,11-17H2,1,3-6H3,(H,29,32)/b20-9+,21-10-/t18-,22-,23?,24?,25+,28-/m1/s1. The van der Waals surface area contributed by atoms with E-state index in [2.05, 4.69) is 37.9 Å². The molecule has 3 rings (SSSR count). The second-order valence-corrected chi connectivity index (χ2v) is 11.9. The lowest BCUT2D eigenvalue weighted by atomic mass is 9.61.